The minimum Gasteiger partial charge on any atom is -0.484 e. The summed E-state index contributed by atoms with van der Waals surface area (Å²) in [5.74, 6) is -1.18. The molecule has 0 aromatic heterocycles. The van der Waals surface area contributed by atoms with E-state index >= 15 is 0 Å². The molecular weight excluding hydrogens is 609 g/mol. The zero-order valence-corrected chi connectivity index (χ0v) is 25.1. The maximum Gasteiger partial charge on any atom is 0.261 e. The highest BCUT2D eigenvalue weighted by atomic mass is 35.5. The Balaban J connectivity index is 1.53. The molecule has 44 heavy (non-hydrogen) atoms. The van der Waals surface area contributed by atoms with Crippen molar-refractivity contribution in [1.29, 1.82) is 0 Å². The largest absolute Gasteiger partial charge is 0.484 e. The van der Waals surface area contributed by atoms with Crippen molar-refractivity contribution in [2.45, 2.75) is 23.9 Å². The molecule has 1 unspecified atom stereocenters. The van der Waals surface area contributed by atoms with Crippen LogP contribution in [0.5, 0.6) is 5.75 Å². The van der Waals surface area contributed by atoms with Crippen LogP contribution in [0, 0.1) is 5.82 Å². The summed E-state index contributed by atoms with van der Waals surface area (Å²) in [7, 11) is -3.96. The zero-order chi connectivity index (χ0) is 31.5. The highest BCUT2D eigenvalue weighted by Gasteiger charge is 2.31. The molecule has 0 aliphatic heterocycles. The van der Waals surface area contributed by atoms with Crippen LogP contribution in [0.4, 0.5) is 10.1 Å². The van der Waals surface area contributed by atoms with Gasteiger partial charge in [0.15, 0.2) is 6.61 Å². The molecule has 4 aromatic carbocycles. The number of aliphatic hydroxyl groups is 1. The number of benzene rings is 4. The van der Waals surface area contributed by atoms with Crippen molar-refractivity contribution in [2.24, 2.45) is 0 Å². The molecule has 2 amide bonds. The molecule has 0 aliphatic rings. The summed E-state index contributed by atoms with van der Waals surface area (Å²) in [6.07, 6.45) is 0.354. The SMILES string of the molecule is O=C(NCCCO)C(c1ccccc1)N(Cc1ccc(Cl)cc1)C(=O)COc1ccc(S(=O)(=O)Nc2ccc(F)cc2)cc1. The molecule has 0 spiro atoms. The second-order valence-corrected chi connectivity index (χ2v) is 11.8. The predicted octanol–water partition coefficient (Wildman–Crippen LogP) is 4.93. The van der Waals surface area contributed by atoms with Gasteiger partial charge in [-0.3, -0.25) is 14.3 Å². The van der Waals surface area contributed by atoms with E-state index in [1.807, 2.05) is 0 Å². The first-order valence-corrected chi connectivity index (χ1v) is 15.5. The van der Waals surface area contributed by atoms with Gasteiger partial charge in [0.2, 0.25) is 5.91 Å². The number of carbonyl (C=O) groups excluding carboxylic acids is 2. The Bertz CT molecular complexity index is 1640. The lowest BCUT2D eigenvalue weighted by Crippen LogP contribution is -2.45. The summed E-state index contributed by atoms with van der Waals surface area (Å²) < 4.78 is 46.8. The summed E-state index contributed by atoms with van der Waals surface area (Å²) in [6.45, 7) is -0.247. The van der Waals surface area contributed by atoms with Gasteiger partial charge in [-0.15, -0.1) is 0 Å². The van der Waals surface area contributed by atoms with Crippen LogP contribution in [0.3, 0.4) is 0 Å². The lowest BCUT2D eigenvalue weighted by atomic mass is 10.0. The third-order valence-corrected chi connectivity index (χ3v) is 8.14. The standard InChI is InChI=1S/C32H31ClFN3O6S/c33-25-9-7-23(8-10-25)21-37(31(24-5-2-1-3-6-24)32(40)35-19-4-20-38)30(39)22-43-28-15-17-29(18-16-28)44(41,42)36-27-13-11-26(34)12-14-27/h1-3,5-18,31,36,38H,4,19-22H2,(H,35,40). The minimum atomic E-state index is -3.96. The molecule has 4 aromatic rings. The Morgan fingerprint density at radius 2 is 1.57 bits per heavy atom. The van der Waals surface area contributed by atoms with Crippen molar-refractivity contribution < 1.29 is 32.2 Å². The lowest BCUT2D eigenvalue weighted by molar-refractivity contribution is -0.143. The molecule has 0 fully saturated rings. The Labute approximate surface area is 260 Å². The molecule has 1 atom stereocenters. The van der Waals surface area contributed by atoms with E-state index in [-0.39, 0.29) is 36.0 Å². The molecule has 0 heterocycles. The van der Waals surface area contributed by atoms with Gasteiger partial charge in [-0.1, -0.05) is 54.1 Å². The number of hydrogen-bond donors (Lipinski definition) is 3. The van der Waals surface area contributed by atoms with Gasteiger partial charge in [0.1, 0.15) is 17.6 Å². The number of amides is 2. The zero-order valence-electron chi connectivity index (χ0n) is 23.5. The van der Waals surface area contributed by atoms with Gasteiger partial charge in [0.25, 0.3) is 15.9 Å². The second-order valence-electron chi connectivity index (χ2n) is 9.70. The van der Waals surface area contributed by atoms with Crippen molar-refractivity contribution in [3.05, 3.63) is 125 Å². The molecule has 3 N–H and O–H groups in total. The van der Waals surface area contributed by atoms with Gasteiger partial charge < -0.3 is 20.1 Å². The summed E-state index contributed by atoms with van der Waals surface area (Å²) in [5, 5.41) is 12.5. The highest BCUT2D eigenvalue weighted by Crippen LogP contribution is 2.25. The van der Waals surface area contributed by atoms with E-state index in [9.17, 15) is 27.5 Å². The Hall–Kier alpha value is -4.45. The average Bonchev–Trinajstić information content (AvgIpc) is 3.02. The van der Waals surface area contributed by atoms with Crippen LogP contribution in [0.1, 0.15) is 23.6 Å². The summed E-state index contributed by atoms with van der Waals surface area (Å²) in [5.41, 5.74) is 1.51. The van der Waals surface area contributed by atoms with Crippen LogP contribution in [0.2, 0.25) is 5.02 Å². The maximum absolute atomic E-state index is 13.7. The highest BCUT2D eigenvalue weighted by molar-refractivity contribution is 7.92. The van der Waals surface area contributed by atoms with Gasteiger partial charge in [0.05, 0.1) is 4.90 Å². The molecular formula is C32H31ClFN3O6S. The van der Waals surface area contributed by atoms with Crippen LogP contribution < -0.4 is 14.8 Å². The molecule has 0 radical (unpaired) electrons. The third kappa shape index (κ3) is 9.03. The molecule has 0 saturated heterocycles. The van der Waals surface area contributed by atoms with Crippen molar-refractivity contribution in [3.63, 3.8) is 0 Å². The molecule has 0 saturated carbocycles. The molecule has 0 aliphatic carbocycles. The number of hydrogen-bond acceptors (Lipinski definition) is 6. The summed E-state index contributed by atoms with van der Waals surface area (Å²) in [4.78, 5) is 28.5. The van der Waals surface area contributed by atoms with E-state index < -0.39 is 40.3 Å². The molecule has 0 bridgehead atoms. The van der Waals surface area contributed by atoms with Gasteiger partial charge in [-0.2, -0.15) is 0 Å². The van der Waals surface area contributed by atoms with Crippen LogP contribution in [0.25, 0.3) is 0 Å². The van der Waals surface area contributed by atoms with Crippen molar-refractivity contribution >= 4 is 39.1 Å². The number of anilines is 1. The van der Waals surface area contributed by atoms with Crippen LogP contribution in [0.15, 0.2) is 108 Å². The minimum absolute atomic E-state index is 0.0615. The normalized spacial score (nSPS) is 11.8. The summed E-state index contributed by atoms with van der Waals surface area (Å²) in [6, 6.07) is 25.1. The third-order valence-electron chi connectivity index (χ3n) is 6.49. The van der Waals surface area contributed by atoms with Crippen LogP contribution in [-0.4, -0.2) is 50.0 Å². The number of aliphatic hydroxyl groups excluding tert-OH is 1. The fourth-order valence-corrected chi connectivity index (χ4v) is 5.47. The van der Waals surface area contributed by atoms with E-state index in [1.165, 1.54) is 41.3 Å². The average molecular weight is 640 g/mol. The van der Waals surface area contributed by atoms with Gasteiger partial charge in [-0.05, 0) is 78.2 Å². The van der Waals surface area contributed by atoms with Crippen LogP contribution >= 0.6 is 11.6 Å². The van der Waals surface area contributed by atoms with E-state index in [0.29, 0.717) is 17.0 Å². The monoisotopic (exact) mass is 639 g/mol. The van der Waals surface area contributed by atoms with Gasteiger partial charge in [0, 0.05) is 30.4 Å². The first-order valence-electron chi connectivity index (χ1n) is 13.6. The van der Waals surface area contributed by atoms with Crippen molar-refractivity contribution in [2.75, 3.05) is 24.5 Å². The number of carbonyl (C=O) groups is 2. The van der Waals surface area contributed by atoms with Gasteiger partial charge in [-0.25, -0.2) is 12.8 Å². The van der Waals surface area contributed by atoms with E-state index in [4.69, 9.17) is 16.3 Å². The fraction of sp³-hybridized carbons (Fsp3) is 0.188. The quantitative estimate of drug-likeness (QED) is 0.168. The predicted molar refractivity (Wildman–Crippen MR) is 165 cm³/mol. The van der Waals surface area contributed by atoms with Crippen molar-refractivity contribution in [1.82, 2.24) is 10.2 Å². The molecule has 4 rings (SSSR count). The van der Waals surface area contributed by atoms with E-state index in [2.05, 4.69) is 10.0 Å². The number of ether oxygens (including phenoxy) is 1. The number of rotatable bonds is 14. The topological polar surface area (TPSA) is 125 Å². The maximum atomic E-state index is 13.7. The lowest BCUT2D eigenvalue weighted by Gasteiger charge is -2.31. The van der Waals surface area contributed by atoms with Crippen LogP contribution in [-0.2, 0) is 26.2 Å². The second kappa shape index (κ2) is 15.3. The molecule has 9 nitrogen and oxygen atoms in total. The molecule has 12 heteroatoms. The van der Waals surface area contributed by atoms with Crippen molar-refractivity contribution in [3.8, 4) is 5.75 Å². The first-order chi connectivity index (χ1) is 21.2. The Morgan fingerprint density at radius 3 is 2.20 bits per heavy atom. The number of halogens is 2. The Kier molecular flexibility index (Phi) is 11.3. The number of nitrogens with one attached hydrogen (secondary N) is 2. The molecule has 230 valence electrons. The first kappa shape index (κ1) is 32.5. The summed E-state index contributed by atoms with van der Waals surface area (Å²) >= 11 is 6.05. The Morgan fingerprint density at radius 1 is 0.909 bits per heavy atom. The van der Waals surface area contributed by atoms with Gasteiger partial charge >= 0.3 is 0 Å². The van der Waals surface area contributed by atoms with E-state index in [0.717, 1.165) is 17.7 Å². The number of nitrogens with zero attached hydrogens (tertiary/aromatic N) is 1. The smallest absolute Gasteiger partial charge is 0.261 e. The van der Waals surface area contributed by atoms with E-state index in [1.54, 1.807) is 54.6 Å². The fourth-order valence-electron chi connectivity index (χ4n) is 4.28. The number of sulfonamides is 1.